The molecule has 38 heavy (non-hydrogen) atoms. The molecule has 0 aliphatic carbocycles. The standard InChI is InChI=1S/C28H27N6O4/c1-2-3-13-30-27-25(19-11-9-18(17-29)10-12-19)32-26-22(8-5-14-34(26)27)28(37)31-23(16-24(35)36)20-6-4-7-21(15-20)33-38/h4-12,14-15,23,30,33H,2-3,13,16H2,1H3,(H,31,37)(H,35,36)/q-1. The van der Waals surface area contributed by atoms with Gasteiger partial charge in [0.2, 0.25) is 0 Å². The van der Waals surface area contributed by atoms with Gasteiger partial charge in [-0.15, -0.1) is 0 Å². The highest BCUT2D eigenvalue weighted by Gasteiger charge is 2.23. The van der Waals surface area contributed by atoms with Crippen LogP contribution in [0.4, 0.5) is 11.5 Å². The molecule has 0 aliphatic rings. The topological polar surface area (TPSA) is 155 Å². The van der Waals surface area contributed by atoms with Crippen LogP contribution >= 0.6 is 0 Å². The molecule has 4 rings (SSSR count). The van der Waals surface area contributed by atoms with Gasteiger partial charge in [-0.25, -0.2) is 4.98 Å². The smallest absolute Gasteiger partial charge is 0.305 e. The average Bonchev–Trinajstić information content (AvgIpc) is 3.31. The molecule has 0 radical (unpaired) electrons. The number of nitrogens with one attached hydrogen (secondary N) is 3. The van der Waals surface area contributed by atoms with Crippen molar-refractivity contribution in [2.24, 2.45) is 0 Å². The molecule has 0 bridgehead atoms. The van der Waals surface area contributed by atoms with Gasteiger partial charge in [0, 0.05) is 24.0 Å². The van der Waals surface area contributed by atoms with Crippen molar-refractivity contribution >= 4 is 29.0 Å². The molecule has 1 unspecified atom stereocenters. The number of unbranched alkanes of at least 4 members (excludes halogenated alkanes) is 1. The van der Waals surface area contributed by atoms with Crippen LogP contribution in [0.25, 0.3) is 16.9 Å². The van der Waals surface area contributed by atoms with Crippen LogP contribution < -0.4 is 16.1 Å². The first-order chi connectivity index (χ1) is 18.4. The van der Waals surface area contributed by atoms with Crippen molar-refractivity contribution in [1.82, 2.24) is 14.7 Å². The third-order valence-electron chi connectivity index (χ3n) is 6.10. The SMILES string of the molecule is CCCCNc1c(-c2ccc(C#N)cc2)nc2c(C(=O)NC(CC(=O)O)c3cccc(N[O-])c3)cccn12. The summed E-state index contributed by atoms with van der Waals surface area (Å²) < 4.78 is 1.80. The molecule has 0 aliphatic heterocycles. The molecule has 10 nitrogen and oxygen atoms in total. The van der Waals surface area contributed by atoms with E-state index >= 15 is 0 Å². The van der Waals surface area contributed by atoms with E-state index in [0.29, 0.717) is 34.8 Å². The summed E-state index contributed by atoms with van der Waals surface area (Å²) in [5.41, 5.74) is 5.13. The number of hydrogen-bond donors (Lipinski definition) is 4. The maximum atomic E-state index is 13.5. The monoisotopic (exact) mass is 511 g/mol. The van der Waals surface area contributed by atoms with E-state index in [1.807, 2.05) is 12.1 Å². The Morgan fingerprint density at radius 3 is 2.63 bits per heavy atom. The highest BCUT2D eigenvalue weighted by Crippen LogP contribution is 2.31. The van der Waals surface area contributed by atoms with E-state index in [1.165, 1.54) is 6.07 Å². The Morgan fingerprint density at radius 2 is 1.95 bits per heavy atom. The number of pyridine rings is 1. The Morgan fingerprint density at radius 1 is 1.16 bits per heavy atom. The van der Waals surface area contributed by atoms with Crippen molar-refractivity contribution in [3.05, 3.63) is 88.8 Å². The van der Waals surface area contributed by atoms with Crippen molar-refractivity contribution < 1.29 is 14.7 Å². The molecule has 194 valence electrons. The summed E-state index contributed by atoms with van der Waals surface area (Å²) in [6, 6.07) is 18.0. The summed E-state index contributed by atoms with van der Waals surface area (Å²) in [7, 11) is 0. The normalized spacial score (nSPS) is 11.5. The fraction of sp³-hybridized carbons (Fsp3) is 0.214. The van der Waals surface area contributed by atoms with Gasteiger partial charge in [-0.2, -0.15) is 5.26 Å². The van der Waals surface area contributed by atoms with Gasteiger partial charge in [0.1, 0.15) is 11.5 Å². The molecular weight excluding hydrogens is 484 g/mol. The summed E-state index contributed by atoms with van der Waals surface area (Å²) >= 11 is 0. The van der Waals surface area contributed by atoms with Crippen LogP contribution in [0.3, 0.4) is 0 Å². The first-order valence-corrected chi connectivity index (χ1v) is 12.2. The second-order valence-corrected chi connectivity index (χ2v) is 8.75. The van der Waals surface area contributed by atoms with Gasteiger partial charge in [-0.05, 0) is 48.4 Å². The van der Waals surface area contributed by atoms with Gasteiger partial charge in [0.25, 0.3) is 5.91 Å². The van der Waals surface area contributed by atoms with Crippen molar-refractivity contribution in [1.29, 1.82) is 5.26 Å². The average molecular weight is 512 g/mol. The number of nitriles is 1. The molecule has 4 aromatic rings. The summed E-state index contributed by atoms with van der Waals surface area (Å²) in [6.07, 6.45) is 3.37. The Hall–Kier alpha value is -4.88. The maximum absolute atomic E-state index is 13.5. The van der Waals surface area contributed by atoms with E-state index in [4.69, 9.17) is 10.2 Å². The van der Waals surface area contributed by atoms with Crippen LogP contribution in [-0.4, -0.2) is 32.9 Å². The van der Waals surface area contributed by atoms with E-state index in [1.54, 1.807) is 58.5 Å². The minimum Gasteiger partial charge on any atom is -0.761 e. The second kappa shape index (κ2) is 11.9. The molecule has 2 aromatic heterocycles. The zero-order valence-electron chi connectivity index (χ0n) is 20.8. The highest BCUT2D eigenvalue weighted by molar-refractivity contribution is 6.01. The Kier molecular flexibility index (Phi) is 8.20. The molecule has 4 N–H and O–H groups in total. The minimum absolute atomic E-state index is 0.261. The lowest BCUT2D eigenvalue weighted by Gasteiger charge is -2.19. The fourth-order valence-electron chi connectivity index (χ4n) is 4.18. The zero-order valence-corrected chi connectivity index (χ0v) is 20.8. The number of anilines is 2. The number of aromatic nitrogens is 2. The number of carbonyl (C=O) groups is 2. The summed E-state index contributed by atoms with van der Waals surface area (Å²) in [5.74, 6) is -0.886. The van der Waals surface area contributed by atoms with Crippen LogP contribution in [0, 0.1) is 16.5 Å². The number of hydrogen-bond acceptors (Lipinski definition) is 7. The molecule has 0 saturated carbocycles. The minimum atomic E-state index is -1.10. The molecule has 0 saturated heterocycles. The Balaban J connectivity index is 1.75. The molecule has 2 heterocycles. The number of amides is 1. The number of fused-ring (bicyclic) bond motifs is 1. The third kappa shape index (κ3) is 5.74. The van der Waals surface area contributed by atoms with Gasteiger partial charge >= 0.3 is 5.97 Å². The molecule has 1 amide bonds. The fourth-order valence-corrected chi connectivity index (χ4v) is 4.18. The Labute approximate surface area is 219 Å². The number of carboxylic acid groups (broad SMARTS) is 1. The lowest BCUT2D eigenvalue weighted by atomic mass is 10.0. The molecule has 1 atom stereocenters. The number of aliphatic carboxylic acids is 1. The quantitative estimate of drug-likeness (QED) is 0.163. The first-order valence-electron chi connectivity index (χ1n) is 12.2. The van der Waals surface area contributed by atoms with Crippen molar-refractivity contribution in [2.75, 3.05) is 17.3 Å². The van der Waals surface area contributed by atoms with Crippen LogP contribution in [0.15, 0.2) is 66.9 Å². The van der Waals surface area contributed by atoms with E-state index in [9.17, 15) is 19.9 Å². The lowest BCUT2D eigenvalue weighted by molar-refractivity contribution is -0.137. The lowest BCUT2D eigenvalue weighted by Crippen LogP contribution is -2.30. The molecule has 10 heteroatoms. The van der Waals surface area contributed by atoms with Crippen LogP contribution in [0.1, 0.15) is 53.7 Å². The number of rotatable bonds is 11. The summed E-state index contributed by atoms with van der Waals surface area (Å²) in [5, 5.41) is 36.0. The molecule has 2 aromatic carbocycles. The number of benzene rings is 2. The summed E-state index contributed by atoms with van der Waals surface area (Å²) in [6.45, 7) is 2.80. The van der Waals surface area contributed by atoms with E-state index in [-0.39, 0.29) is 17.7 Å². The number of nitrogens with zero attached hydrogens (tertiary/aromatic N) is 3. The number of carbonyl (C=O) groups excluding carboxylic acids is 1. The Bertz CT molecular complexity index is 1490. The number of imidazole rings is 1. The number of carboxylic acids is 1. The molecule has 0 spiro atoms. The van der Waals surface area contributed by atoms with E-state index in [2.05, 4.69) is 23.6 Å². The second-order valence-electron chi connectivity index (χ2n) is 8.75. The summed E-state index contributed by atoms with van der Waals surface area (Å²) in [4.78, 5) is 29.9. The van der Waals surface area contributed by atoms with Gasteiger partial charge in [0.15, 0.2) is 5.65 Å². The molecular formula is C28H27N6O4-. The maximum Gasteiger partial charge on any atom is 0.305 e. The van der Waals surface area contributed by atoms with Crippen molar-refractivity contribution in [3.8, 4) is 17.3 Å². The predicted octanol–water partition coefficient (Wildman–Crippen LogP) is 4.94. The van der Waals surface area contributed by atoms with Crippen molar-refractivity contribution in [3.63, 3.8) is 0 Å². The predicted molar refractivity (Wildman–Crippen MR) is 145 cm³/mol. The van der Waals surface area contributed by atoms with Crippen LogP contribution in [0.2, 0.25) is 0 Å². The van der Waals surface area contributed by atoms with Crippen LogP contribution in [0.5, 0.6) is 0 Å². The van der Waals surface area contributed by atoms with E-state index in [0.717, 1.165) is 18.4 Å². The molecule has 0 fully saturated rings. The van der Waals surface area contributed by atoms with Gasteiger partial charge in [-0.3, -0.25) is 14.0 Å². The highest BCUT2D eigenvalue weighted by atomic mass is 16.5. The first kappa shape index (κ1) is 26.2. The van der Waals surface area contributed by atoms with Crippen molar-refractivity contribution in [2.45, 2.75) is 32.2 Å². The van der Waals surface area contributed by atoms with Crippen LogP contribution in [-0.2, 0) is 4.79 Å². The van der Waals surface area contributed by atoms with Gasteiger partial charge in [0.05, 0.1) is 29.7 Å². The van der Waals surface area contributed by atoms with Gasteiger partial charge < -0.3 is 26.4 Å². The largest absolute Gasteiger partial charge is 0.761 e. The third-order valence-corrected chi connectivity index (χ3v) is 6.10. The van der Waals surface area contributed by atoms with Gasteiger partial charge in [-0.1, -0.05) is 37.6 Å². The van der Waals surface area contributed by atoms with E-state index < -0.39 is 17.9 Å². The zero-order chi connectivity index (χ0) is 27.1.